The molecule has 2 aromatic rings. The summed E-state index contributed by atoms with van der Waals surface area (Å²) in [5.41, 5.74) is 1.89. The Balaban J connectivity index is 2.11. The zero-order valence-electron chi connectivity index (χ0n) is 11.2. The molecule has 21 heavy (non-hydrogen) atoms. The highest BCUT2D eigenvalue weighted by atomic mass is 35.5. The average Bonchev–Trinajstić information content (AvgIpc) is 2.42. The molecule has 2 rings (SSSR count). The first-order valence-corrected chi connectivity index (χ1v) is 6.91. The minimum absolute atomic E-state index is 0.366. The summed E-state index contributed by atoms with van der Waals surface area (Å²) in [6.45, 7) is 1.79. The monoisotopic (exact) mass is 323 g/mol. The first-order valence-electron chi connectivity index (χ1n) is 6.16. The van der Waals surface area contributed by atoms with Crippen molar-refractivity contribution in [2.75, 3.05) is 5.32 Å². The number of aryl methyl sites for hydroxylation is 1. The first kappa shape index (κ1) is 15.5. The molecule has 2 nitrogen and oxygen atoms in total. The molecule has 0 atom stereocenters. The lowest BCUT2D eigenvalue weighted by Gasteiger charge is -2.06. The van der Waals surface area contributed by atoms with Gasteiger partial charge in [-0.2, -0.15) is 0 Å². The van der Waals surface area contributed by atoms with E-state index in [2.05, 4.69) is 5.32 Å². The lowest BCUT2D eigenvalue weighted by Crippen LogP contribution is -2.09. The Labute approximate surface area is 132 Å². The summed E-state index contributed by atoms with van der Waals surface area (Å²) < 4.78 is 13.1. The Bertz CT molecular complexity index is 713. The fraction of sp³-hybridized carbons (Fsp3) is 0.0625. The van der Waals surface area contributed by atoms with Crippen molar-refractivity contribution in [3.8, 4) is 0 Å². The summed E-state index contributed by atoms with van der Waals surface area (Å²) in [6.07, 6.45) is 2.90. The van der Waals surface area contributed by atoms with Crippen LogP contribution in [0.3, 0.4) is 0 Å². The lowest BCUT2D eigenvalue weighted by molar-refractivity contribution is -0.111. The topological polar surface area (TPSA) is 29.1 Å². The van der Waals surface area contributed by atoms with Gasteiger partial charge in [0.1, 0.15) is 5.82 Å². The largest absolute Gasteiger partial charge is 0.322 e. The van der Waals surface area contributed by atoms with E-state index in [9.17, 15) is 9.18 Å². The second-order valence-electron chi connectivity index (χ2n) is 4.45. The number of hydrogen-bond acceptors (Lipinski definition) is 1. The van der Waals surface area contributed by atoms with E-state index >= 15 is 0 Å². The van der Waals surface area contributed by atoms with E-state index in [0.29, 0.717) is 21.3 Å². The van der Waals surface area contributed by atoms with Crippen LogP contribution in [0.15, 0.2) is 42.5 Å². The third-order valence-corrected chi connectivity index (χ3v) is 3.40. The van der Waals surface area contributed by atoms with Crippen molar-refractivity contribution in [1.82, 2.24) is 0 Å². The van der Waals surface area contributed by atoms with Crippen molar-refractivity contribution in [1.29, 1.82) is 0 Å². The summed E-state index contributed by atoms with van der Waals surface area (Å²) in [5, 5.41) is 3.59. The Hall–Kier alpha value is -1.84. The Morgan fingerprint density at radius 3 is 2.67 bits per heavy atom. The van der Waals surface area contributed by atoms with Gasteiger partial charge >= 0.3 is 0 Å². The summed E-state index contributed by atoms with van der Waals surface area (Å²) in [6, 6.07) is 9.20. The third-order valence-electron chi connectivity index (χ3n) is 2.83. The third kappa shape index (κ3) is 4.31. The maximum absolute atomic E-state index is 13.1. The number of amides is 1. The van der Waals surface area contributed by atoms with Crippen LogP contribution in [0.2, 0.25) is 10.0 Å². The average molecular weight is 324 g/mol. The van der Waals surface area contributed by atoms with Crippen LogP contribution in [0.4, 0.5) is 10.1 Å². The van der Waals surface area contributed by atoms with Gasteiger partial charge in [-0.1, -0.05) is 35.3 Å². The molecule has 0 aromatic heterocycles. The second kappa shape index (κ2) is 6.74. The molecule has 0 aliphatic carbocycles. The van der Waals surface area contributed by atoms with E-state index in [1.54, 1.807) is 37.3 Å². The molecule has 0 aliphatic heterocycles. The van der Waals surface area contributed by atoms with Crippen LogP contribution in [-0.2, 0) is 4.79 Å². The molecule has 5 heteroatoms. The number of carbonyl (C=O) groups excluding carboxylic acids is 1. The van der Waals surface area contributed by atoms with Crippen LogP contribution >= 0.6 is 23.2 Å². The molecular weight excluding hydrogens is 312 g/mol. The highest BCUT2D eigenvalue weighted by Gasteiger charge is 2.04. The van der Waals surface area contributed by atoms with Crippen molar-refractivity contribution in [2.45, 2.75) is 6.92 Å². The minimum Gasteiger partial charge on any atom is -0.322 e. The predicted octanol–water partition coefficient (Wildman–Crippen LogP) is 5.09. The summed E-state index contributed by atoms with van der Waals surface area (Å²) in [7, 11) is 0. The molecule has 0 saturated heterocycles. The summed E-state index contributed by atoms with van der Waals surface area (Å²) >= 11 is 11.8. The van der Waals surface area contributed by atoms with Crippen molar-refractivity contribution < 1.29 is 9.18 Å². The van der Waals surface area contributed by atoms with Crippen molar-refractivity contribution in [2.24, 2.45) is 0 Å². The molecular formula is C16H12Cl2FNO. The van der Waals surface area contributed by atoms with Gasteiger partial charge in [0.2, 0.25) is 5.91 Å². The smallest absolute Gasteiger partial charge is 0.248 e. The normalized spacial score (nSPS) is 10.9. The van der Waals surface area contributed by atoms with Gasteiger partial charge in [-0.3, -0.25) is 4.79 Å². The zero-order valence-corrected chi connectivity index (χ0v) is 12.7. The van der Waals surface area contributed by atoms with Crippen molar-refractivity contribution in [3.63, 3.8) is 0 Å². The van der Waals surface area contributed by atoms with Gasteiger partial charge < -0.3 is 5.32 Å². The van der Waals surface area contributed by atoms with E-state index < -0.39 is 5.82 Å². The highest BCUT2D eigenvalue weighted by molar-refractivity contribution is 6.35. The minimum atomic E-state index is -0.402. The maximum atomic E-state index is 13.1. The molecule has 0 saturated carbocycles. The van der Waals surface area contributed by atoms with Gasteiger partial charge in [-0.15, -0.1) is 0 Å². The number of benzene rings is 2. The van der Waals surface area contributed by atoms with E-state index in [1.807, 2.05) is 0 Å². The van der Waals surface area contributed by atoms with Gasteiger partial charge in [0.15, 0.2) is 0 Å². The van der Waals surface area contributed by atoms with E-state index in [1.165, 1.54) is 18.2 Å². The number of carbonyl (C=O) groups is 1. The molecule has 108 valence electrons. The second-order valence-corrected chi connectivity index (χ2v) is 5.29. The van der Waals surface area contributed by atoms with Crippen LogP contribution in [0.25, 0.3) is 6.08 Å². The Kier molecular flexibility index (Phi) is 4.99. The summed E-state index contributed by atoms with van der Waals surface area (Å²) in [4.78, 5) is 11.8. The fourth-order valence-electron chi connectivity index (χ4n) is 1.71. The van der Waals surface area contributed by atoms with Crippen LogP contribution in [0.1, 0.15) is 11.1 Å². The van der Waals surface area contributed by atoms with Crippen LogP contribution < -0.4 is 5.32 Å². The Morgan fingerprint density at radius 1 is 1.19 bits per heavy atom. The van der Waals surface area contributed by atoms with Crippen molar-refractivity contribution in [3.05, 3.63) is 69.5 Å². The van der Waals surface area contributed by atoms with Crippen LogP contribution in [0, 0.1) is 12.7 Å². The highest BCUT2D eigenvalue weighted by Crippen LogP contribution is 2.22. The number of hydrogen-bond donors (Lipinski definition) is 1. The fourth-order valence-corrected chi connectivity index (χ4v) is 2.18. The number of halogens is 3. The van der Waals surface area contributed by atoms with E-state index in [4.69, 9.17) is 23.2 Å². The lowest BCUT2D eigenvalue weighted by atomic mass is 10.2. The molecule has 0 spiro atoms. The predicted molar refractivity (Wildman–Crippen MR) is 85.3 cm³/mol. The molecule has 1 N–H and O–H groups in total. The molecule has 0 bridgehead atoms. The van der Waals surface area contributed by atoms with Crippen LogP contribution in [-0.4, -0.2) is 5.91 Å². The van der Waals surface area contributed by atoms with Gasteiger partial charge in [0, 0.05) is 21.8 Å². The zero-order chi connectivity index (χ0) is 15.4. The van der Waals surface area contributed by atoms with Crippen molar-refractivity contribution >= 4 is 40.9 Å². The maximum Gasteiger partial charge on any atom is 0.248 e. The number of anilines is 1. The standard InChI is InChI=1S/C16H12Cl2FNO/c1-10-2-6-13(19)9-15(10)20-16(21)7-4-11-3-5-12(17)8-14(11)18/h2-9H,1H3,(H,20,21)/b7-4+. The SMILES string of the molecule is Cc1ccc(F)cc1NC(=O)/C=C/c1ccc(Cl)cc1Cl. The molecule has 1 amide bonds. The van der Waals surface area contributed by atoms with E-state index in [0.717, 1.165) is 5.56 Å². The first-order chi connectivity index (χ1) is 9.95. The molecule has 0 radical (unpaired) electrons. The summed E-state index contributed by atoms with van der Waals surface area (Å²) in [5.74, 6) is -0.768. The molecule has 0 fully saturated rings. The molecule has 0 heterocycles. The number of rotatable bonds is 3. The molecule has 0 aliphatic rings. The van der Waals surface area contributed by atoms with Gasteiger partial charge in [-0.25, -0.2) is 4.39 Å². The van der Waals surface area contributed by atoms with Gasteiger partial charge in [0.05, 0.1) is 0 Å². The Morgan fingerprint density at radius 2 is 1.95 bits per heavy atom. The van der Waals surface area contributed by atoms with Crippen LogP contribution in [0.5, 0.6) is 0 Å². The quantitative estimate of drug-likeness (QED) is 0.783. The number of nitrogens with one attached hydrogen (secondary N) is 1. The molecule has 0 unspecified atom stereocenters. The van der Waals surface area contributed by atoms with E-state index in [-0.39, 0.29) is 5.91 Å². The van der Waals surface area contributed by atoms with Gasteiger partial charge in [0.25, 0.3) is 0 Å². The van der Waals surface area contributed by atoms with Gasteiger partial charge in [-0.05, 0) is 48.4 Å². The molecule has 2 aromatic carbocycles.